The average molecular weight is 319 g/mol. The van der Waals surface area contributed by atoms with Gasteiger partial charge in [-0.2, -0.15) is 10.2 Å². The quantitative estimate of drug-likeness (QED) is 0.488. The van der Waals surface area contributed by atoms with Crippen molar-refractivity contribution < 1.29 is 0 Å². The maximum Gasteiger partial charge on any atom is 0.156 e. The minimum atomic E-state index is 0.701. The summed E-state index contributed by atoms with van der Waals surface area (Å²) in [6.45, 7) is 1.96. The lowest BCUT2D eigenvalue weighted by Gasteiger charge is -2.05. The van der Waals surface area contributed by atoms with Crippen molar-refractivity contribution >= 4 is 28.4 Å². The monoisotopic (exact) mass is 319 g/mol. The van der Waals surface area contributed by atoms with Gasteiger partial charge in [0.1, 0.15) is 11.4 Å². The first kappa shape index (κ1) is 13.8. The minimum Gasteiger partial charge on any atom is -0.235 e. The number of aryl methyl sites for hydroxylation is 1. The summed E-state index contributed by atoms with van der Waals surface area (Å²) < 4.78 is 1.83. The van der Waals surface area contributed by atoms with Gasteiger partial charge in [0, 0.05) is 6.07 Å². The van der Waals surface area contributed by atoms with E-state index in [1.807, 2.05) is 59.3 Å². The lowest BCUT2D eigenvalue weighted by molar-refractivity contribution is 0.924. The smallest absolute Gasteiger partial charge is 0.156 e. The molecule has 0 radical (unpaired) electrons. The van der Waals surface area contributed by atoms with Crippen LogP contribution in [0.2, 0.25) is 0 Å². The van der Waals surface area contributed by atoms with E-state index in [0.29, 0.717) is 5.69 Å². The van der Waals surface area contributed by atoms with Crippen LogP contribution in [0.5, 0.6) is 0 Å². The van der Waals surface area contributed by atoms with Gasteiger partial charge in [0.15, 0.2) is 5.65 Å². The zero-order valence-corrected chi connectivity index (χ0v) is 13.2. The lowest BCUT2D eigenvalue weighted by Crippen LogP contribution is -1.95. The second-order valence-corrected chi connectivity index (χ2v) is 6.01. The van der Waals surface area contributed by atoms with Crippen LogP contribution in [0.4, 0.5) is 11.4 Å². The highest BCUT2D eigenvalue weighted by atomic mass is 32.1. The van der Waals surface area contributed by atoms with E-state index in [9.17, 15) is 0 Å². The first-order valence-electron chi connectivity index (χ1n) is 7.17. The van der Waals surface area contributed by atoms with Crippen LogP contribution >= 0.6 is 11.3 Å². The number of aromatic nitrogens is 3. The Morgan fingerprint density at radius 3 is 2.70 bits per heavy atom. The lowest BCUT2D eigenvalue weighted by atomic mass is 10.3. The molecule has 0 fully saturated rings. The highest BCUT2D eigenvalue weighted by molar-refractivity contribution is 7.13. The fourth-order valence-corrected chi connectivity index (χ4v) is 3.13. The Hall–Kier alpha value is -2.86. The van der Waals surface area contributed by atoms with E-state index in [1.54, 1.807) is 17.5 Å². The standard InChI is InChI=1S/C17H13N5S/c1-12-10-16-18-11-14(20-19-13-6-3-2-4-7-13)17(22(16)21-12)15-8-5-9-23-15/h2-11H,1H3. The van der Waals surface area contributed by atoms with Crippen LogP contribution in [0.25, 0.3) is 16.2 Å². The molecule has 0 atom stereocenters. The number of thiophene rings is 1. The van der Waals surface area contributed by atoms with Crippen LogP contribution in [0.3, 0.4) is 0 Å². The Morgan fingerprint density at radius 1 is 1.04 bits per heavy atom. The summed E-state index contributed by atoms with van der Waals surface area (Å²) in [5, 5.41) is 15.3. The van der Waals surface area contributed by atoms with Gasteiger partial charge < -0.3 is 0 Å². The summed E-state index contributed by atoms with van der Waals surface area (Å²) in [5.41, 5.74) is 4.16. The first-order valence-corrected chi connectivity index (χ1v) is 8.05. The predicted molar refractivity (Wildman–Crippen MR) is 91.7 cm³/mol. The third-order valence-electron chi connectivity index (χ3n) is 3.37. The molecule has 4 rings (SSSR count). The van der Waals surface area contributed by atoms with Gasteiger partial charge >= 0.3 is 0 Å². The highest BCUT2D eigenvalue weighted by Gasteiger charge is 2.13. The third kappa shape index (κ3) is 2.64. The van der Waals surface area contributed by atoms with Crippen molar-refractivity contribution in [3.63, 3.8) is 0 Å². The normalized spacial score (nSPS) is 11.5. The second-order valence-electron chi connectivity index (χ2n) is 5.06. The van der Waals surface area contributed by atoms with Crippen LogP contribution in [0.15, 0.2) is 70.3 Å². The van der Waals surface area contributed by atoms with Crippen LogP contribution in [-0.4, -0.2) is 14.6 Å². The third-order valence-corrected chi connectivity index (χ3v) is 4.25. The van der Waals surface area contributed by atoms with Gasteiger partial charge in [-0.1, -0.05) is 24.3 Å². The van der Waals surface area contributed by atoms with Crippen molar-refractivity contribution in [3.8, 4) is 10.6 Å². The van der Waals surface area contributed by atoms with E-state index >= 15 is 0 Å². The summed E-state index contributed by atoms with van der Waals surface area (Å²) >= 11 is 1.65. The van der Waals surface area contributed by atoms with Gasteiger partial charge in [-0.25, -0.2) is 9.50 Å². The molecule has 0 saturated heterocycles. The van der Waals surface area contributed by atoms with Gasteiger partial charge in [-0.15, -0.1) is 16.5 Å². The van der Waals surface area contributed by atoms with Gasteiger partial charge in [0.05, 0.1) is 22.5 Å². The van der Waals surface area contributed by atoms with E-state index in [-0.39, 0.29) is 0 Å². The Labute approximate surface area is 137 Å². The van der Waals surface area contributed by atoms with E-state index in [2.05, 4.69) is 26.4 Å². The second kappa shape index (κ2) is 5.73. The fraction of sp³-hybridized carbons (Fsp3) is 0.0588. The van der Waals surface area contributed by atoms with Crippen LogP contribution in [0, 0.1) is 6.92 Å². The summed E-state index contributed by atoms with van der Waals surface area (Å²) in [5.74, 6) is 0. The van der Waals surface area contributed by atoms with Crippen molar-refractivity contribution in [3.05, 3.63) is 65.8 Å². The molecule has 0 saturated carbocycles. The molecule has 0 N–H and O–H groups in total. The number of rotatable bonds is 3. The van der Waals surface area contributed by atoms with Crippen molar-refractivity contribution in [2.45, 2.75) is 6.92 Å². The Morgan fingerprint density at radius 2 is 1.91 bits per heavy atom. The molecule has 3 heterocycles. The maximum absolute atomic E-state index is 4.54. The number of benzene rings is 1. The molecule has 23 heavy (non-hydrogen) atoms. The van der Waals surface area contributed by atoms with Gasteiger partial charge in [-0.05, 0) is 30.5 Å². The number of nitrogens with zero attached hydrogens (tertiary/aromatic N) is 5. The topological polar surface area (TPSA) is 54.9 Å². The maximum atomic E-state index is 4.54. The van der Waals surface area contributed by atoms with E-state index in [1.165, 1.54) is 0 Å². The molecule has 0 spiro atoms. The molecule has 0 amide bonds. The summed E-state index contributed by atoms with van der Waals surface area (Å²) in [6.07, 6.45) is 1.75. The van der Waals surface area contributed by atoms with Crippen molar-refractivity contribution in [2.24, 2.45) is 10.2 Å². The van der Waals surface area contributed by atoms with Gasteiger partial charge in [-0.3, -0.25) is 0 Å². The minimum absolute atomic E-state index is 0.701. The molecule has 1 aromatic carbocycles. The molecule has 0 aliphatic carbocycles. The molecule has 0 aliphatic heterocycles. The Bertz CT molecular complexity index is 971. The van der Waals surface area contributed by atoms with Crippen molar-refractivity contribution in [2.75, 3.05) is 0 Å². The SMILES string of the molecule is Cc1cc2ncc(N=Nc3ccccc3)c(-c3cccs3)n2n1. The van der Waals surface area contributed by atoms with Crippen LogP contribution in [-0.2, 0) is 0 Å². The summed E-state index contributed by atoms with van der Waals surface area (Å²) in [7, 11) is 0. The molecular formula is C17H13N5S. The number of fused-ring (bicyclic) bond motifs is 1. The zero-order valence-electron chi connectivity index (χ0n) is 12.4. The summed E-state index contributed by atoms with van der Waals surface area (Å²) in [4.78, 5) is 5.52. The molecular weight excluding hydrogens is 306 g/mol. The zero-order chi connectivity index (χ0) is 15.6. The fourth-order valence-electron chi connectivity index (χ4n) is 2.36. The van der Waals surface area contributed by atoms with E-state index < -0.39 is 0 Å². The predicted octanol–water partition coefficient (Wildman–Crippen LogP) is 5.18. The summed E-state index contributed by atoms with van der Waals surface area (Å²) in [6, 6.07) is 15.7. The molecule has 0 bridgehead atoms. The Kier molecular flexibility index (Phi) is 3.44. The average Bonchev–Trinajstić information content (AvgIpc) is 3.21. The molecule has 6 heteroatoms. The Balaban J connectivity index is 1.89. The number of hydrogen-bond acceptors (Lipinski definition) is 5. The first-order chi connectivity index (χ1) is 11.3. The molecule has 3 aromatic heterocycles. The van der Waals surface area contributed by atoms with Crippen LogP contribution in [0.1, 0.15) is 5.69 Å². The molecule has 5 nitrogen and oxygen atoms in total. The molecule has 112 valence electrons. The molecule has 0 unspecified atom stereocenters. The van der Waals surface area contributed by atoms with Crippen LogP contribution < -0.4 is 0 Å². The van der Waals surface area contributed by atoms with E-state index in [0.717, 1.165) is 27.6 Å². The molecule has 4 aromatic rings. The van der Waals surface area contributed by atoms with E-state index in [4.69, 9.17) is 0 Å². The van der Waals surface area contributed by atoms with Crippen molar-refractivity contribution in [1.82, 2.24) is 14.6 Å². The molecule has 0 aliphatic rings. The van der Waals surface area contributed by atoms with Crippen molar-refractivity contribution in [1.29, 1.82) is 0 Å². The number of hydrogen-bond donors (Lipinski definition) is 0. The van der Waals surface area contributed by atoms with Gasteiger partial charge in [0.25, 0.3) is 0 Å². The number of azo groups is 1. The highest BCUT2D eigenvalue weighted by Crippen LogP contribution is 2.34. The van der Waals surface area contributed by atoms with Gasteiger partial charge in [0.2, 0.25) is 0 Å². The largest absolute Gasteiger partial charge is 0.235 e.